The van der Waals surface area contributed by atoms with Crippen molar-refractivity contribution >= 4 is 63.2 Å². The van der Waals surface area contributed by atoms with Crippen LogP contribution in [0.4, 0.5) is 0 Å². The second-order valence-electron chi connectivity index (χ2n) is 0. The zero-order valence-corrected chi connectivity index (χ0v) is 5.62. The van der Waals surface area contributed by atoms with E-state index in [4.69, 9.17) is 0 Å². The molecular formula is H11GaGdGeInNa. The second kappa shape index (κ2) is 23.8. The minimum atomic E-state index is 0. The van der Waals surface area contributed by atoms with E-state index < -0.39 is 0 Å². The molecule has 0 aromatic carbocycles. The Bertz CT molecular complexity index is 15.5. The molecular weight excluding hydrogens is 437 g/mol. The summed E-state index contributed by atoms with van der Waals surface area (Å²) in [5.41, 5.74) is 0. The van der Waals surface area contributed by atoms with Gasteiger partial charge in [0.25, 0.3) is 0 Å². The summed E-state index contributed by atoms with van der Waals surface area (Å²) in [6.07, 6.45) is 0. The van der Waals surface area contributed by atoms with Gasteiger partial charge in [0.05, 0.1) is 0 Å². The molecule has 0 bridgehead atoms. The van der Waals surface area contributed by atoms with Crippen molar-refractivity contribution < 1.29 is 70.9 Å². The molecule has 0 N–H and O–H groups in total. The minimum absolute atomic E-state index is 0. The van der Waals surface area contributed by atoms with Gasteiger partial charge < -0.3 is 1.43 Å². The molecule has 0 saturated heterocycles. The largest absolute Gasteiger partial charge is 1.00 e. The molecule has 0 spiro atoms. The Kier molecular flexibility index (Phi) is 164. The average Bonchev–Trinajstić information content (AvgIpc) is 0. The van der Waals surface area contributed by atoms with Crippen molar-refractivity contribution in [3.8, 4) is 0 Å². The molecule has 0 aromatic heterocycles. The summed E-state index contributed by atoms with van der Waals surface area (Å²) in [5, 5.41) is 0. The summed E-state index contributed by atoms with van der Waals surface area (Å²) in [5.74, 6) is 0. The van der Waals surface area contributed by atoms with E-state index in [2.05, 4.69) is 0 Å². The van der Waals surface area contributed by atoms with Crippen molar-refractivity contribution in [2.75, 3.05) is 0 Å². The Labute approximate surface area is 131 Å². The first-order chi connectivity index (χ1) is 0. The molecule has 5 heteroatoms. The molecule has 0 unspecified atom stereocenters. The summed E-state index contributed by atoms with van der Waals surface area (Å²) in [6, 6.07) is 0. The molecule has 0 aromatic rings. The van der Waals surface area contributed by atoms with E-state index in [1.165, 1.54) is 0 Å². The predicted molar refractivity (Wildman–Crippen MR) is 32.3 cm³/mol. The van der Waals surface area contributed by atoms with Crippen LogP contribution in [-0.2, 0) is 0 Å². The van der Waals surface area contributed by atoms with Crippen LogP contribution in [0.2, 0.25) is 0 Å². The Morgan fingerprint density at radius 3 is 1.20 bits per heavy atom. The maximum absolute atomic E-state index is 0. The van der Waals surface area contributed by atoms with Gasteiger partial charge in [-0.2, -0.15) is 0 Å². The van der Waals surface area contributed by atoms with E-state index >= 15 is 0 Å². The number of hydrogen-bond acceptors (Lipinski definition) is 0. The summed E-state index contributed by atoms with van der Waals surface area (Å²) >= 11 is 0. The van der Waals surface area contributed by atoms with Gasteiger partial charge in [-0.25, -0.2) is 0 Å². The molecule has 0 fully saturated rings. The van der Waals surface area contributed by atoms with Gasteiger partial charge in [0, 0.05) is 39.9 Å². The fraction of sp³-hybridized carbons (Fsp3) is 0. The molecule has 0 atom stereocenters. The van der Waals surface area contributed by atoms with Crippen LogP contribution < -0.4 is 29.6 Å². The molecule has 0 radical (unpaired) electrons. The van der Waals surface area contributed by atoms with Crippen LogP contribution in [0.3, 0.4) is 0 Å². The van der Waals surface area contributed by atoms with Gasteiger partial charge in [-0.15, -0.1) is 0 Å². The van der Waals surface area contributed by atoms with E-state index in [-0.39, 0.29) is 134 Å². The summed E-state index contributed by atoms with van der Waals surface area (Å²) < 4.78 is 0. The molecule has 5 heavy (non-hydrogen) atoms. The van der Waals surface area contributed by atoms with Gasteiger partial charge in [-0.05, 0) is 0 Å². The van der Waals surface area contributed by atoms with Gasteiger partial charge in [0.1, 0.15) is 0 Å². The molecule has 30 valence electrons. The standard InChI is InChI=1S/Ga.Gd.GeH4.In.Na.7H/h;;1H4;;;;;;;;;/q;;;;+1;;;;;;;-1. The topological polar surface area (TPSA) is 0 Å². The predicted octanol–water partition coefficient (Wildman–Crippen LogP) is -6.70. The first-order valence-electron chi connectivity index (χ1n) is 0. The van der Waals surface area contributed by atoms with E-state index in [0.29, 0.717) is 0 Å². The van der Waals surface area contributed by atoms with Crippen LogP contribution in [-0.4, -0.2) is 63.2 Å². The first-order valence-corrected chi connectivity index (χ1v) is 0. The van der Waals surface area contributed by atoms with Gasteiger partial charge in [0.2, 0.25) is 0 Å². The van der Waals surface area contributed by atoms with Gasteiger partial charge in [0.15, 0.2) is 0 Å². The van der Waals surface area contributed by atoms with Gasteiger partial charge >= 0.3 is 92.8 Å². The van der Waals surface area contributed by atoms with E-state index in [9.17, 15) is 0 Å². The quantitative estimate of drug-likeness (QED) is 0.324. The smallest absolute Gasteiger partial charge is 1.00 e. The van der Waals surface area contributed by atoms with Gasteiger partial charge in [-0.1, -0.05) is 0 Å². The summed E-state index contributed by atoms with van der Waals surface area (Å²) in [4.78, 5) is 0. The molecule has 0 aliphatic carbocycles. The fourth-order valence-corrected chi connectivity index (χ4v) is 0. The maximum atomic E-state index is 0. The molecule has 0 heterocycles. The Morgan fingerprint density at radius 1 is 1.20 bits per heavy atom. The number of rotatable bonds is 0. The van der Waals surface area contributed by atoms with Crippen LogP contribution in [0.5, 0.6) is 0 Å². The van der Waals surface area contributed by atoms with Crippen LogP contribution in [0.1, 0.15) is 1.43 Å². The third-order valence-corrected chi connectivity index (χ3v) is 0. The Balaban J connectivity index is 0. The summed E-state index contributed by atoms with van der Waals surface area (Å²) in [7, 11) is 0. The van der Waals surface area contributed by atoms with Crippen molar-refractivity contribution in [3.63, 3.8) is 0 Å². The van der Waals surface area contributed by atoms with Crippen LogP contribution in [0.15, 0.2) is 0 Å². The van der Waals surface area contributed by atoms with Crippen LogP contribution in [0.25, 0.3) is 0 Å². The zero-order valence-electron chi connectivity index (χ0n) is 2.35. The van der Waals surface area contributed by atoms with Crippen molar-refractivity contribution in [1.29, 1.82) is 0 Å². The van der Waals surface area contributed by atoms with Crippen molar-refractivity contribution in [2.45, 2.75) is 0 Å². The maximum Gasteiger partial charge on any atom is 1.00 e. The minimum Gasteiger partial charge on any atom is 1.00 e. The third kappa shape index (κ3) is 17.8. The monoisotopic (exact) mass is 450 g/mol. The SMILES string of the molecule is [GaH3].[Gd].[GeH4].[H-].[InH3].[Na+]. The molecule has 0 aliphatic rings. The summed E-state index contributed by atoms with van der Waals surface area (Å²) in [6.45, 7) is 0. The molecule has 0 aliphatic heterocycles. The van der Waals surface area contributed by atoms with E-state index in [0.717, 1.165) is 0 Å². The van der Waals surface area contributed by atoms with Crippen molar-refractivity contribution in [1.82, 2.24) is 0 Å². The second-order valence-corrected chi connectivity index (χ2v) is 0. The molecule has 0 nitrogen and oxygen atoms in total. The normalized spacial score (nSPS) is 0. The Hall–Kier alpha value is 4.37. The zero-order chi connectivity index (χ0) is 0. The van der Waals surface area contributed by atoms with E-state index in [1.807, 2.05) is 0 Å². The van der Waals surface area contributed by atoms with Crippen molar-refractivity contribution in [2.24, 2.45) is 0 Å². The van der Waals surface area contributed by atoms with E-state index in [1.54, 1.807) is 0 Å². The van der Waals surface area contributed by atoms with Crippen LogP contribution in [0, 0.1) is 39.9 Å². The first kappa shape index (κ1) is 34.4. The van der Waals surface area contributed by atoms with Crippen molar-refractivity contribution in [3.05, 3.63) is 0 Å². The average molecular weight is 448 g/mol. The third-order valence-electron chi connectivity index (χ3n) is 0. The van der Waals surface area contributed by atoms with Crippen LogP contribution >= 0.6 is 0 Å². The number of hydrogen-bond donors (Lipinski definition) is 0. The van der Waals surface area contributed by atoms with Gasteiger partial charge in [-0.3, -0.25) is 0 Å². The molecule has 0 rings (SSSR count). The molecule has 0 saturated carbocycles. The Morgan fingerprint density at radius 2 is 1.20 bits per heavy atom. The molecule has 0 amide bonds. The fourth-order valence-electron chi connectivity index (χ4n) is 0.